The Balaban J connectivity index is 0. The van der Waals surface area contributed by atoms with Crippen LogP contribution in [0.2, 0.25) is 0 Å². The van der Waals surface area contributed by atoms with Crippen molar-refractivity contribution in [2.45, 2.75) is 0 Å². The number of halogens is 2. The van der Waals surface area contributed by atoms with E-state index in [1.54, 1.807) is 0 Å². The zero-order chi connectivity index (χ0) is 8.65. The zero-order valence-electron chi connectivity index (χ0n) is 8.07. The van der Waals surface area contributed by atoms with Crippen molar-refractivity contribution in [3.63, 3.8) is 0 Å². The molecule has 0 aromatic heterocycles. The van der Waals surface area contributed by atoms with Crippen LogP contribution in [-0.2, 0) is 4.74 Å². The zero-order valence-corrected chi connectivity index (χ0v) is 12.7. The van der Waals surface area contributed by atoms with Crippen LogP contribution in [0.25, 0.3) is 0 Å². The molecule has 0 atom stereocenters. The third-order valence-corrected chi connectivity index (χ3v) is 1.93. The lowest BCUT2D eigenvalue weighted by Crippen LogP contribution is -2.44. The second-order valence-corrected chi connectivity index (χ2v) is 2.80. The van der Waals surface area contributed by atoms with E-state index >= 15 is 0 Å². The lowest BCUT2D eigenvalue weighted by atomic mass is 10.4. The second-order valence-electron chi connectivity index (χ2n) is 2.80. The van der Waals surface area contributed by atoms with E-state index in [4.69, 9.17) is 10.00 Å². The molecule has 0 aromatic rings. The normalized spacial score (nSPS) is 16.2. The van der Waals surface area contributed by atoms with Crippen LogP contribution in [0.4, 0.5) is 0 Å². The van der Waals surface area contributed by atoms with E-state index in [1.807, 2.05) is 6.07 Å². The first kappa shape index (κ1) is 17.2. The van der Waals surface area contributed by atoms with Gasteiger partial charge in [-0.1, -0.05) is 0 Å². The van der Waals surface area contributed by atoms with Gasteiger partial charge in [0, 0.05) is 32.7 Å². The minimum atomic E-state index is 0. The second kappa shape index (κ2) is 11.9. The lowest BCUT2D eigenvalue weighted by molar-refractivity contribution is 0.120. The lowest BCUT2D eigenvalue weighted by Gasteiger charge is -2.26. The van der Waals surface area contributed by atoms with E-state index in [1.165, 1.54) is 0 Å². The van der Waals surface area contributed by atoms with Crippen LogP contribution in [0.5, 0.6) is 0 Å². The van der Waals surface area contributed by atoms with Crippen LogP contribution in [-0.4, -0.2) is 50.8 Å². The third-order valence-electron chi connectivity index (χ3n) is 1.93. The van der Waals surface area contributed by atoms with Crippen molar-refractivity contribution in [3.8, 4) is 6.07 Å². The van der Waals surface area contributed by atoms with Gasteiger partial charge in [-0.05, 0) is 0 Å². The number of nitriles is 1. The van der Waals surface area contributed by atoms with Crippen LogP contribution >= 0.6 is 48.0 Å². The van der Waals surface area contributed by atoms with Gasteiger partial charge < -0.3 is 10.1 Å². The van der Waals surface area contributed by atoms with Crippen molar-refractivity contribution in [3.05, 3.63) is 0 Å². The summed E-state index contributed by atoms with van der Waals surface area (Å²) in [5.41, 5.74) is 0. The molecule has 1 aliphatic rings. The molecule has 1 aliphatic heterocycles. The van der Waals surface area contributed by atoms with E-state index in [0.29, 0.717) is 6.61 Å². The van der Waals surface area contributed by atoms with Crippen LogP contribution in [0.1, 0.15) is 0 Å². The molecule has 6 heteroatoms. The molecule has 84 valence electrons. The molecule has 0 saturated carbocycles. The number of hydrogen-bond donors (Lipinski definition) is 1. The SMILES string of the molecule is I.I.N#CCOCCN1CCNCC1. The maximum atomic E-state index is 8.20. The fraction of sp³-hybridized carbons (Fsp3) is 0.875. The van der Waals surface area contributed by atoms with Gasteiger partial charge in [-0.2, -0.15) is 5.26 Å². The van der Waals surface area contributed by atoms with Crippen molar-refractivity contribution in [1.29, 1.82) is 5.26 Å². The predicted molar refractivity (Wildman–Crippen MR) is 76.6 cm³/mol. The number of rotatable bonds is 4. The van der Waals surface area contributed by atoms with E-state index in [-0.39, 0.29) is 54.6 Å². The summed E-state index contributed by atoms with van der Waals surface area (Å²) in [4.78, 5) is 2.34. The maximum absolute atomic E-state index is 8.20. The summed E-state index contributed by atoms with van der Waals surface area (Å²) in [5, 5.41) is 11.5. The summed E-state index contributed by atoms with van der Waals surface area (Å²) in [6.07, 6.45) is 0. The Morgan fingerprint density at radius 1 is 1.29 bits per heavy atom. The first-order valence-corrected chi connectivity index (χ1v) is 4.31. The molecule has 1 saturated heterocycles. The summed E-state index contributed by atoms with van der Waals surface area (Å²) in [6, 6.07) is 1.95. The highest BCUT2D eigenvalue weighted by Gasteiger charge is 2.07. The Hall–Kier alpha value is 0.830. The molecule has 0 radical (unpaired) electrons. The number of hydrogen-bond acceptors (Lipinski definition) is 4. The highest BCUT2D eigenvalue weighted by molar-refractivity contribution is 14.0. The summed E-state index contributed by atoms with van der Waals surface area (Å²) in [7, 11) is 0. The third kappa shape index (κ3) is 8.16. The van der Waals surface area contributed by atoms with Gasteiger partial charge in [-0.15, -0.1) is 48.0 Å². The van der Waals surface area contributed by atoms with Crippen molar-refractivity contribution >= 4 is 48.0 Å². The minimum Gasteiger partial charge on any atom is -0.365 e. The summed E-state index contributed by atoms with van der Waals surface area (Å²) in [6.45, 7) is 6.16. The number of nitrogens with zero attached hydrogens (tertiary/aromatic N) is 2. The molecule has 0 bridgehead atoms. The van der Waals surface area contributed by atoms with Crippen molar-refractivity contribution < 1.29 is 4.74 Å². The highest BCUT2D eigenvalue weighted by Crippen LogP contribution is 1.90. The van der Waals surface area contributed by atoms with Crippen molar-refractivity contribution in [2.24, 2.45) is 0 Å². The molecule has 14 heavy (non-hydrogen) atoms. The van der Waals surface area contributed by atoms with Gasteiger partial charge in [0.15, 0.2) is 0 Å². The number of ether oxygens (including phenoxy) is 1. The number of nitrogens with one attached hydrogen (secondary N) is 1. The van der Waals surface area contributed by atoms with Gasteiger partial charge in [-0.3, -0.25) is 4.90 Å². The molecule has 1 fully saturated rings. The summed E-state index contributed by atoms with van der Waals surface area (Å²) in [5.74, 6) is 0. The molecule has 1 N–H and O–H groups in total. The summed E-state index contributed by atoms with van der Waals surface area (Å²) < 4.78 is 5.06. The smallest absolute Gasteiger partial charge is 0.133 e. The van der Waals surface area contributed by atoms with Gasteiger partial charge in [0.05, 0.1) is 12.7 Å². The fourth-order valence-electron chi connectivity index (χ4n) is 1.25. The average molecular weight is 425 g/mol. The Bertz CT molecular complexity index is 157. The van der Waals surface area contributed by atoms with E-state index in [0.717, 1.165) is 32.7 Å². The Morgan fingerprint density at radius 3 is 2.50 bits per heavy atom. The predicted octanol–water partition coefficient (Wildman–Crippen LogP) is 0.668. The Morgan fingerprint density at radius 2 is 1.93 bits per heavy atom. The topological polar surface area (TPSA) is 48.3 Å². The van der Waals surface area contributed by atoms with Crippen LogP contribution in [0.15, 0.2) is 0 Å². The van der Waals surface area contributed by atoms with Gasteiger partial charge in [0.25, 0.3) is 0 Å². The monoisotopic (exact) mass is 425 g/mol. The molecule has 0 spiro atoms. The largest absolute Gasteiger partial charge is 0.365 e. The fourth-order valence-corrected chi connectivity index (χ4v) is 1.25. The van der Waals surface area contributed by atoms with Gasteiger partial charge in [0.2, 0.25) is 0 Å². The van der Waals surface area contributed by atoms with Crippen LogP contribution in [0.3, 0.4) is 0 Å². The van der Waals surface area contributed by atoms with E-state index < -0.39 is 0 Å². The van der Waals surface area contributed by atoms with E-state index in [9.17, 15) is 0 Å². The molecular formula is C8H17I2N3O. The van der Waals surface area contributed by atoms with Crippen LogP contribution in [0, 0.1) is 11.3 Å². The average Bonchev–Trinajstić information content (AvgIpc) is 2.14. The van der Waals surface area contributed by atoms with Gasteiger partial charge in [0.1, 0.15) is 6.61 Å². The summed E-state index contributed by atoms with van der Waals surface area (Å²) >= 11 is 0. The van der Waals surface area contributed by atoms with Crippen molar-refractivity contribution in [2.75, 3.05) is 45.9 Å². The van der Waals surface area contributed by atoms with Gasteiger partial charge in [-0.25, -0.2) is 0 Å². The van der Waals surface area contributed by atoms with Gasteiger partial charge >= 0.3 is 0 Å². The molecule has 0 aliphatic carbocycles. The first-order valence-electron chi connectivity index (χ1n) is 4.31. The van der Waals surface area contributed by atoms with Crippen LogP contribution < -0.4 is 5.32 Å². The molecule has 0 aromatic carbocycles. The quantitative estimate of drug-likeness (QED) is 0.532. The van der Waals surface area contributed by atoms with E-state index in [2.05, 4.69) is 10.2 Å². The maximum Gasteiger partial charge on any atom is 0.133 e. The molecule has 0 unspecified atom stereocenters. The Kier molecular flexibility index (Phi) is 14.6. The molecule has 1 heterocycles. The van der Waals surface area contributed by atoms with Crippen molar-refractivity contribution in [1.82, 2.24) is 10.2 Å². The first-order chi connectivity index (χ1) is 5.93. The molecular weight excluding hydrogens is 408 g/mol. The molecule has 1 rings (SSSR count). The molecule has 0 amide bonds. The minimum absolute atomic E-state index is 0. The molecule has 4 nitrogen and oxygen atoms in total. The number of piperazine rings is 1. The standard InChI is InChI=1S/C8H15N3O.2HI/c9-1-7-12-8-6-11-4-2-10-3-5-11;;/h10H,2-8H2;2*1H. The Labute approximate surface area is 119 Å². The highest BCUT2D eigenvalue weighted by atomic mass is 127.